The molecular weight excluding hydrogens is 244 g/mol. The van der Waals surface area contributed by atoms with Gasteiger partial charge in [-0.3, -0.25) is 4.79 Å². The van der Waals surface area contributed by atoms with Crippen molar-refractivity contribution in [2.24, 2.45) is 0 Å². The Labute approximate surface area is 104 Å². The molecule has 0 heterocycles. The van der Waals surface area contributed by atoms with E-state index in [1.807, 2.05) is 0 Å². The van der Waals surface area contributed by atoms with Crippen molar-refractivity contribution in [3.63, 3.8) is 0 Å². The number of halogens is 2. The summed E-state index contributed by atoms with van der Waals surface area (Å²) in [4.78, 5) is 11.9. The second kappa shape index (κ2) is 5.77. The maximum absolute atomic E-state index is 12.2. The fraction of sp³-hybridized carbons (Fsp3) is 0.417. The number of carbonyl (C=O) groups is 1. The monoisotopic (exact) mass is 259 g/mol. The minimum Gasteiger partial charge on any atom is -0.434 e. The number of aliphatic hydroxyl groups excluding tert-OH is 1. The van der Waals surface area contributed by atoms with Crippen molar-refractivity contribution in [3.05, 3.63) is 29.8 Å². The van der Waals surface area contributed by atoms with Gasteiger partial charge in [-0.1, -0.05) is 12.1 Å². The second-order valence-corrected chi connectivity index (χ2v) is 4.37. The van der Waals surface area contributed by atoms with Crippen LogP contribution in [0, 0.1) is 0 Å². The van der Waals surface area contributed by atoms with E-state index in [1.54, 1.807) is 19.9 Å². The molecule has 0 aliphatic rings. The zero-order chi connectivity index (χ0) is 13.8. The van der Waals surface area contributed by atoms with Crippen molar-refractivity contribution in [2.75, 3.05) is 6.61 Å². The summed E-state index contributed by atoms with van der Waals surface area (Å²) in [7, 11) is 0. The summed E-state index contributed by atoms with van der Waals surface area (Å²) in [6.45, 7) is -0.0376. The number of hydrogen-bond acceptors (Lipinski definition) is 3. The molecule has 0 aliphatic carbocycles. The standard InChI is InChI=1S/C12H15F2NO3/c1-12(2,7-16)15-10(17)8-5-3-4-6-9(8)18-11(13)14/h3-6,11,16H,7H2,1-2H3,(H,15,17). The third-order valence-corrected chi connectivity index (χ3v) is 2.19. The molecule has 0 unspecified atom stereocenters. The highest BCUT2D eigenvalue weighted by Crippen LogP contribution is 2.20. The average molecular weight is 259 g/mol. The van der Waals surface area contributed by atoms with Crippen LogP contribution in [-0.2, 0) is 0 Å². The summed E-state index contributed by atoms with van der Waals surface area (Å²) < 4.78 is 28.6. The molecular formula is C12H15F2NO3. The van der Waals surface area contributed by atoms with Crippen LogP contribution in [-0.4, -0.2) is 29.8 Å². The zero-order valence-electron chi connectivity index (χ0n) is 10.1. The molecule has 0 radical (unpaired) electrons. The van der Waals surface area contributed by atoms with Crippen LogP contribution in [0.3, 0.4) is 0 Å². The molecule has 0 saturated carbocycles. The van der Waals surface area contributed by atoms with Crippen molar-refractivity contribution in [2.45, 2.75) is 26.0 Å². The first-order chi connectivity index (χ1) is 8.35. The van der Waals surface area contributed by atoms with Crippen LogP contribution < -0.4 is 10.1 Å². The summed E-state index contributed by atoms with van der Waals surface area (Å²) in [6, 6.07) is 5.69. The van der Waals surface area contributed by atoms with Crippen LogP contribution in [0.4, 0.5) is 8.78 Å². The summed E-state index contributed by atoms with van der Waals surface area (Å²) in [5, 5.41) is 11.6. The van der Waals surface area contributed by atoms with E-state index in [9.17, 15) is 13.6 Å². The predicted molar refractivity (Wildman–Crippen MR) is 61.7 cm³/mol. The van der Waals surface area contributed by atoms with Gasteiger partial charge in [0.25, 0.3) is 5.91 Å². The van der Waals surface area contributed by atoms with Gasteiger partial charge < -0.3 is 15.2 Å². The third-order valence-electron chi connectivity index (χ3n) is 2.19. The topological polar surface area (TPSA) is 58.6 Å². The lowest BCUT2D eigenvalue weighted by Gasteiger charge is -2.24. The van der Waals surface area contributed by atoms with Crippen molar-refractivity contribution < 1.29 is 23.4 Å². The third kappa shape index (κ3) is 3.96. The van der Waals surface area contributed by atoms with Gasteiger partial charge in [0.05, 0.1) is 17.7 Å². The van der Waals surface area contributed by atoms with Gasteiger partial charge in [0.15, 0.2) is 0 Å². The van der Waals surface area contributed by atoms with Crippen molar-refractivity contribution in [1.82, 2.24) is 5.32 Å². The van der Waals surface area contributed by atoms with E-state index in [0.29, 0.717) is 0 Å². The summed E-state index contributed by atoms with van der Waals surface area (Å²) in [5.74, 6) is -0.774. The molecule has 0 atom stereocenters. The lowest BCUT2D eigenvalue weighted by molar-refractivity contribution is -0.0501. The molecule has 0 fully saturated rings. The Morgan fingerprint density at radius 2 is 2.06 bits per heavy atom. The van der Waals surface area contributed by atoms with E-state index < -0.39 is 18.1 Å². The molecule has 0 spiro atoms. The quantitative estimate of drug-likeness (QED) is 0.847. The van der Waals surface area contributed by atoms with E-state index in [1.165, 1.54) is 18.2 Å². The highest BCUT2D eigenvalue weighted by Gasteiger charge is 2.22. The predicted octanol–water partition coefficient (Wildman–Crippen LogP) is 1.79. The largest absolute Gasteiger partial charge is 0.434 e. The van der Waals surface area contributed by atoms with Gasteiger partial charge in [-0.2, -0.15) is 8.78 Å². The smallest absolute Gasteiger partial charge is 0.387 e. The fourth-order valence-corrected chi connectivity index (χ4v) is 1.27. The van der Waals surface area contributed by atoms with E-state index in [4.69, 9.17) is 5.11 Å². The van der Waals surface area contributed by atoms with E-state index in [2.05, 4.69) is 10.1 Å². The Hall–Kier alpha value is -1.69. The first-order valence-electron chi connectivity index (χ1n) is 5.33. The van der Waals surface area contributed by atoms with E-state index >= 15 is 0 Å². The molecule has 4 nitrogen and oxygen atoms in total. The Morgan fingerprint density at radius 1 is 1.44 bits per heavy atom. The molecule has 1 rings (SSSR count). The number of amides is 1. The number of ether oxygens (including phenoxy) is 1. The first-order valence-corrected chi connectivity index (χ1v) is 5.33. The van der Waals surface area contributed by atoms with Gasteiger partial charge in [-0.25, -0.2) is 0 Å². The first kappa shape index (κ1) is 14.4. The van der Waals surface area contributed by atoms with Gasteiger partial charge in [0, 0.05) is 0 Å². The number of carbonyl (C=O) groups excluding carboxylic acids is 1. The molecule has 18 heavy (non-hydrogen) atoms. The maximum atomic E-state index is 12.2. The number of nitrogens with one attached hydrogen (secondary N) is 1. The minimum absolute atomic E-state index is 0.000625. The Balaban J connectivity index is 2.92. The van der Waals surface area contributed by atoms with Gasteiger partial charge >= 0.3 is 6.61 Å². The summed E-state index contributed by atoms with van der Waals surface area (Å²) in [6.07, 6.45) is 0. The lowest BCUT2D eigenvalue weighted by atomic mass is 10.1. The molecule has 0 bridgehead atoms. The Bertz CT molecular complexity index is 422. The maximum Gasteiger partial charge on any atom is 0.387 e. The molecule has 100 valence electrons. The van der Waals surface area contributed by atoms with E-state index in [0.717, 1.165) is 0 Å². The van der Waals surface area contributed by atoms with Crippen LogP contribution in [0.25, 0.3) is 0 Å². The molecule has 1 aromatic rings. The number of rotatable bonds is 5. The number of benzene rings is 1. The molecule has 0 saturated heterocycles. The van der Waals surface area contributed by atoms with Crippen LogP contribution >= 0.6 is 0 Å². The van der Waals surface area contributed by atoms with Crippen molar-refractivity contribution in [3.8, 4) is 5.75 Å². The van der Waals surface area contributed by atoms with Gasteiger partial charge in [0.1, 0.15) is 5.75 Å². The minimum atomic E-state index is -3.00. The van der Waals surface area contributed by atoms with Gasteiger partial charge in [0.2, 0.25) is 0 Å². The average Bonchev–Trinajstić information content (AvgIpc) is 2.28. The fourth-order valence-electron chi connectivity index (χ4n) is 1.27. The number of aliphatic hydroxyl groups is 1. The van der Waals surface area contributed by atoms with Crippen LogP contribution in [0.2, 0.25) is 0 Å². The van der Waals surface area contributed by atoms with Crippen LogP contribution in [0.5, 0.6) is 5.75 Å². The highest BCUT2D eigenvalue weighted by atomic mass is 19.3. The van der Waals surface area contributed by atoms with Crippen molar-refractivity contribution in [1.29, 1.82) is 0 Å². The van der Waals surface area contributed by atoms with E-state index in [-0.39, 0.29) is 17.9 Å². The molecule has 6 heteroatoms. The molecule has 2 N–H and O–H groups in total. The van der Waals surface area contributed by atoms with Crippen molar-refractivity contribution >= 4 is 5.91 Å². The number of hydrogen-bond donors (Lipinski definition) is 2. The Morgan fingerprint density at radius 3 is 2.61 bits per heavy atom. The summed E-state index contributed by atoms with van der Waals surface area (Å²) >= 11 is 0. The Kier molecular flexibility index (Phi) is 4.61. The zero-order valence-corrected chi connectivity index (χ0v) is 10.1. The molecule has 0 aliphatic heterocycles. The van der Waals surface area contributed by atoms with Gasteiger partial charge in [-0.05, 0) is 26.0 Å². The highest BCUT2D eigenvalue weighted by molar-refractivity contribution is 5.97. The molecule has 1 aromatic carbocycles. The molecule has 0 aromatic heterocycles. The van der Waals surface area contributed by atoms with Crippen LogP contribution in [0.1, 0.15) is 24.2 Å². The normalized spacial score (nSPS) is 11.4. The van der Waals surface area contributed by atoms with Crippen LogP contribution in [0.15, 0.2) is 24.3 Å². The summed E-state index contributed by atoms with van der Waals surface area (Å²) in [5.41, 5.74) is -0.839. The number of alkyl halides is 2. The SMILES string of the molecule is CC(C)(CO)NC(=O)c1ccccc1OC(F)F. The second-order valence-electron chi connectivity index (χ2n) is 4.37. The number of para-hydroxylation sites is 1. The molecule has 1 amide bonds. The van der Waals surface area contributed by atoms with Gasteiger partial charge in [-0.15, -0.1) is 0 Å². The lowest BCUT2D eigenvalue weighted by Crippen LogP contribution is -2.46.